The second kappa shape index (κ2) is 7.95. The van der Waals surface area contributed by atoms with Gasteiger partial charge in [0.25, 0.3) is 0 Å². The zero-order valence-electron chi connectivity index (χ0n) is 16.6. The second-order valence-electron chi connectivity index (χ2n) is 7.06. The Bertz CT molecular complexity index is 1210. The SMILES string of the molecule is CN1C(=O)C2C(CC(=O)Nc3nc(-c4cccc(F)c4F)cs3)=CC=CC2=[N+](C)C1=O. The third-order valence-electron chi connectivity index (χ3n) is 5.13. The highest BCUT2D eigenvalue weighted by molar-refractivity contribution is 7.14. The maximum Gasteiger partial charge on any atom is 0.500 e. The van der Waals surface area contributed by atoms with Crippen molar-refractivity contribution in [1.29, 1.82) is 0 Å². The molecule has 1 aliphatic heterocycles. The molecule has 0 fully saturated rings. The minimum absolute atomic E-state index is 0.000314. The van der Waals surface area contributed by atoms with Gasteiger partial charge >= 0.3 is 11.9 Å². The molecule has 2 heterocycles. The average molecular weight is 443 g/mol. The van der Waals surface area contributed by atoms with Crippen LogP contribution in [-0.4, -0.2) is 52.1 Å². The van der Waals surface area contributed by atoms with Crippen molar-refractivity contribution in [3.8, 4) is 11.3 Å². The first-order valence-corrected chi connectivity index (χ1v) is 10.1. The summed E-state index contributed by atoms with van der Waals surface area (Å²) in [7, 11) is 2.97. The number of fused-ring (bicyclic) bond motifs is 1. The van der Waals surface area contributed by atoms with E-state index < -0.39 is 35.4 Å². The second-order valence-corrected chi connectivity index (χ2v) is 7.92. The molecule has 4 rings (SSSR count). The Labute approximate surface area is 180 Å². The fourth-order valence-corrected chi connectivity index (χ4v) is 4.26. The van der Waals surface area contributed by atoms with E-state index in [9.17, 15) is 23.2 Å². The molecule has 0 saturated heterocycles. The topological polar surface area (TPSA) is 82.4 Å². The molecule has 1 aromatic heterocycles. The number of nitrogens with zero attached hydrogens (tertiary/aromatic N) is 3. The van der Waals surface area contributed by atoms with Gasteiger partial charge in [-0.2, -0.15) is 14.3 Å². The maximum absolute atomic E-state index is 14.0. The summed E-state index contributed by atoms with van der Waals surface area (Å²) in [6.07, 6.45) is 4.95. The molecule has 2 aromatic rings. The maximum atomic E-state index is 14.0. The molecule has 31 heavy (non-hydrogen) atoms. The molecule has 4 amide bonds. The molecule has 1 aromatic carbocycles. The highest BCUT2D eigenvalue weighted by Gasteiger charge is 2.46. The number of thiazole rings is 1. The lowest BCUT2D eigenvalue weighted by molar-refractivity contribution is -0.405. The number of anilines is 1. The Morgan fingerprint density at radius 1 is 1.32 bits per heavy atom. The first-order valence-electron chi connectivity index (χ1n) is 9.27. The van der Waals surface area contributed by atoms with Gasteiger partial charge in [0.05, 0.1) is 19.8 Å². The van der Waals surface area contributed by atoms with Crippen molar-refractivity contribution in [2.75, 3.05) is 19.4 Å². The van der Waals surface area contributed by atoms with E-state index in [0.29, 0.717) is 11.3 Å². The fraction of sp³-hybridized carbons (Fsp3) is 0.190. The van der Waals surface area contributed by atoms with Gasteiger partial charge in [-0.25, -0.2) is 18.6 Å². The normalized spacial score (nSPS) is 18.3. The summed E-state index contributed by atoms with van der Waals surface area (Å²) in [5.74, 6) is -3.54. The van der Waals surface area contributed by atoms with Gasteiger partial charge in [0.1, 0.15) is 11.6 Å². The van der Waals surface area contributed by atoms with E-state index in [1.807, 2.05) is 0 Å². The van der Waals surface area contributed by atoms with Gasteiger partial charge in [-0.3, -0.25) is 4.79 Å². The third-order valence-corrected chi connectivity index (χ3v) is 5.88. The van der Waals surface area contributed by atoms with E-state index in [2.05, 4.69) is 10.3 Å². The predicted octanol–water partition coefficient (Wildman–Crippen LogP) is 3.20. The summed E-state index contributed by atoms with van der Waals surface area (Å²) >= 11 is 1.07. The number of hydrogen-bond acceptors (Lipinski definition) is 5. The summed E-state index contributed by atoms with van der Waals surface area (Å²) in [5, 5.41) is 4.37. The quantitative estimate of drug-likeness (QED) is 0.736. The number of rotatable bonds is 4. The summed E-state index contributed by atoms with van der Waals surface area (Å²) < 4.78 is 28.8. The Morgan fingerprint density at radius 3 is 2.87 bits per heavy atom. The van der Waals surface area contributed by atoms with E-state index in [1.165, 1.54) is 29.1 Å². The minimum atomic E-state index is -1.01. The molecule has 10 heteroatoms. The molecule has 1 unspecified atom stereocenters. The molecule has 1 atom stereocenters. The summed E-state index contributed by atoms with van der Waals surface area (Å²) in [4.78, 5) is 42.6. The van der Waals surface area contributed by atoms with E-state index in [1.54, 1.807) is 25.3 Å². The molecular formula is C21H17F2N4O3S+. The Hall–Kier alpha value is -3.53. The van der Waals surface area contributed by atoms with Gasteiger partial charge in [0, 0.05) is 17.4 Å². The molecule has 0 saturated carbocycles. The van der Waals surface area contributed by atoms with Gasteiger partial charge in [0.2, 0.25) is 5.91 Å². The predicted molar refractivity (Wildman–Crippen MR) is 111 cm³/mol. The summed E-state index contributed by atoms with van der Waals surface area (Å²) in [5.41, 5.74) is 1.26. The highest BCUT2D eigenvalue weighted by atomic mass is 32.1. The molecule has 0 radical (unpaired) electrons. The van der Waals surface area contributed by atoms with Crippen LogP contribution in [0.4, 0.5) is 18.7 Å². The molecular weight excluding hydrogens is 426 g/mol. The van der Waals surface area contributed by atoms with Crippen LogP contribution in [0.15, 0.2) is 47.4 Å². The lowest BCUT2D eigenvalue weighted by atomic mass is 9.85. The Morgan fingerprint density at radius 2 is 2.10 bits per heavy atom. The van der Waals surface area contributed by atoms with Crippen molar-refractivity contribution in [3.63, 3.8) is 0 Å². The number of carbonyl (C=O) groups is 3. The number of amides is 4. The molecule has 2 aliphatic rings. The van der Waals surface area contributed by atoms with Crippen LogP contribution in [0.5, 0.6) is 0 Å². The third kappa shape index (κ3) is 3.70. The Kier molecular flexibility index (Phi) is 5.32. The van der Waals surface area contributed by atoms with Crippen LogP contribution in [0.2, 0.25) is 0 Å². The number of carbonyl (C=O) groups excluding carboxylic acids is 3. The molecule has 1 aliphatic carbocycles. The monoisotopic (exact) mass is 443 g/mol. The van der Waals surface area contributed by atoms with Crippen LogP contribution in [0.1, 0.15) is 6.42 Å². The number of allylic oxidation sites excluding steroid dienone is 3. The van der Waals surface area contributed by atoms with Crippen molar-refractivity contribution in [1.82, 2.24) is 9.88 Å². The number of aromatic nitrogens is 1. The zero-order chi connectivity index (χ0) is 22.3. The first kappa shape index (κ1) is 20.7. The van der Waals surface area contributed by atoms with E-state index in [0.717, 1.165) is 22.3 Å². The Balaban J connectivity index is 1.51. The van der Waals surface area contributed by atoms with E-state index >= 15 is 0 Å². The standard InChI is InChI=1S/C21H16F2N4O3S/c1-26-15-8-3-5-11(17(15)19(29)27(2)21(26)30)9-16(28)25-20-24-14(10-31-20)12-6-4-7-13(22)18(12)23/h3-8,10,17H,9H2,1-2H3/p+1. The van der Waals surface area contributed by atoms with Crippen LogP contribution in [0, 0.1) is 17.6 Å². The summed E-state index contributed by atoms with van der Waals surface area (Å²) in [6.45, 7) is 0. The van der Waals surface area contributed by atoms with Crippen molar-refractivity contribution < 1.29 is 27.7 Å². The van der Waals surface area contributed by atoms with Gasteiger partial charge in [-0.1, -0.05) is 18.2 Å². The van der Waals surface area contributed by atoms with E-state index in [4.69, 9.17) is 0 Å². The van der Waals surface area contributed by atoms with Crippen molar-refractivity contribution >= 4 is 40.0 Å². The van der Waals surface area contributed by atoms with Gasteiger partial charge in [-0.05, 0) is 23.8 Å². The van der Waals surface area contributed by atoms with Crippen molar-refractivity contribution in [2.45, 2.75) is 6.42 Å². The van der Waals surface area contributed by atoms with Gasteiger partial charge < -0.3 is 5.32 Å². The first-order chi connectivity index (χ1) is 14.8. The largest absolute Gasteiger partial charge is 0.500 e. The number of halogens is 2. The van der Waals surface area contributed by atoms with Crippen LogP contribution in [0.25, 0.3) is 11.3 Å². The number of urea groups is 1. The van der Waals surface area contributed by atoms with Crippen LogP contribution >= 0.6 is 11.3 Å². The van der Waals surface area contributed by atoms with Crippen LogP contribution < -0.4 is 5.32 Å². The minimum Gasteiger partial charge on any atom is -0.302 e. The number of benzene rings is 1. The molecule has 1 N–H and O–H groups in total. The fourth-order valence-electron chi connectivity index (χ4n) is 3.53. The number of hydrogen-bond donors (Lipinski definition) is 1. The zero-order valence-corrected chi connectivity index (χ0v) is 17.4. The number of nitrogens with one attached hydrogen (secondary N) is 1. The molecule has 0 spiro atoms. The van der Waals surface area contributed by atoms with E-state index in [-0.39, 0.29) is 22.8 Å². The van der Waals surface area contributed by atoms with Crippen molar-refractivity contribution in [2.24, 2.45) is 5.92 Å². The summed E-state index contributed by atoms with van der Waals surface area (Å²) in [6, 6.07) is 3.35. The highest BCUT2D eigenvalue weighted by Crippen LogP contribution is 2.30. The smallest absolute Gasteiger partial charge is 0.302 e. The molecule has 7 nitrogen and oxygen atoms in total. The van der Waals surface area contributed by atoms with Crippen LogP contribution in [-0.2, 0) is 9.59 Å². The lowest BCUT2D eigenvalue weighted by Gasteiger charge is -2.27. The van der Waals surface area contributed by atoms with Gasteiger partial charge in [0.15, 0.2) is 16.8 Å². The van der Waals surface area contributed by atoms with Gasteiger partial charge in [-0.15, -0.1) is 11.3 Å². The lowest BCUT2D eigenvalue weighted by Crippen LogP contribution is -2.52. The molecule has 0 bridgehead atoms. The average Bonchev–Trinajstić information content (AvgIpc) is 3.20. The molecule has 158 valence electrons. The van der Waals surface area contributed by atoms with Crippen LogP contribution in [0.3, 0.4) is 0 Å². The van der Waals surface area contributed by atoms with Crippen molar-refractivity contribution in [3.05, 3.63) is 59.0 Å². The number of imide groups is 1.